The number of rotatable bonds is 5. The highest BCUT2D eigenvalue weighted by molar-refractivity contribution is 6.30. The first-order valence-corrected chi connectivity index (χ1v) is 9.41. The van der Waals surface area contributed by atoms with E-state index in [1.54, 1.807) is 42.5 Å². The maximum Gasteiger partial charge on any atom is 0.343 e. The highest BCUT2D eigenvalue weighted by Crippen LogP contribution is 2.23. The monoisotopic (exact) mass is 384 g/mol. The first-order chi connectivity index (χ1) is 13.1. The summed E-state index contributed by atoms with van der Waals surface area (Å²) in [6.07, 6.45) is 6.69. The third kappa shape index (κ3) is 5.41. The van der Waals surface area contributed by atoms with E-state index in [2.05, 4.69) is 10.5 Å². The fourth-order valence-electron chi connectivity index (χ4n) is 3.05. The minimum atomic E-state index is -0.487. The molecule has 0 heterocycles. The van der Waals surface area contributed by atoms with Crippen LogP contribution in [0.3, 0.4) is 0 Å². The fraction of sp³-hybridized carbons (Fsp3) is 0.286. The standard InChI is InChI=1S/C21H21ClN2O3/c22-18-12-10-16(11-13-18)21(26)27-19-9-5-4-8-17(19)14-23-24-20(25)15-6-2-1-3-7-15/h4-5,8-15H,1-3,6-7H2,(H,24,25)/b23-14+. The number of hydrogen-bond donors (Lipinski definition) is 1. The lowest BCUT2D eigenvalue weighted by atomic mass is 9.89. The molecule has 3 rings (SSSR count). The minimum Gasteiger partial charge on any atom is -0.422 e. The molecule has 2 aromatic rings. The number of para-hydroxylation sites is 1. The average molecular weight is 385 g/mol. The average Bonchev–Trinajstić information content (AvgIpc) is 2.70. The van der Waals surface area contributed by atoms with Gasteiger partial charge < -0.3 is 4.74 Å². The molecule has 0 aromatic heterocycles. The summed E-state index contributed by atoms with van der Waals surface area (Å²) in [5.41, 5.74) is 3.60. The van der Waals surface area contributed by atoms with Gasteiger partial charge in [0.05, 0.1) is 11.8 Å². The lowest BCUT2D eigenvalue weighted by Gasteiger charge is -2.19. The van der Waals surface area contributed by atoms with Crippen LogP contribution in [-0.4, -0.2) is 18.1 Å². The molecular weight excluding hydrogens is 364 g/mol. The van der Waals surface area contributed by atoms with Crippen molar-refractivity contribution in [3.8, 4) is 5.75 Å². The molecule has 1 amide bonds. The number of carbonyl (C=O) groups excluding carboxylic acids is 2. The third-order valence-electron chi connectivity index (χ3n) is 4.56. The summed E-state index contributed by atoms with van der Waals surface area (Å²) in [4.78, 5) is 24.4. The van der Waals surface area contributed by atoms with E-state index in [1.165, 1.54) is 12.6 Å². The highest BCUT2D eigenvalue weighted by Gasteiger charge is 2.20. The van der Waals surface area contributed by atoms with E-state index in [0.29, 0.717) is 21.9 Å². The quantitative estimate of drug-likeness (QED) is 0.355. The van der Waals surface area contributed by atoms with Gasteiger partial charge >= 0.3 is 5.97 Å². The van der Waals surface area contributed by atoms with Crippen LogP contribution in [0.2, 0.25) is 5.02 Å². The van der Waals surface area contributed by atoms with Gasteiger partial charge in [-0.1, -0.05) is 43.0 Å². The van der Waals surface area contributed by atoms with Crippen LogP contribution >= 0.6 is 11.6 Å². The summed E-state index contributed by atoms with van der Waals surface area (Å²) in [6, 6.07) is 13.5. The Kier molecular flexibility index (Phi) is 6.60. The Morgan fingerprint density at radius 1 is 1.04 bits per heavy atom. The van der Waals surface area contributed by atoms with Crippen molar-refractivity contribution in [2.45, 2.75) is 32.1 Å². The lowest BCUT2D eigenvalue weighted by Crippen LogP contribution is -2.28. The Labute approximate surface area is 163 Å². The van der Waals surface area contributed by atoms with Crippen LogP contribution < -0.4 is 10.2 Å². The topological polar surface area (TPSA) is 67.8 Å². The van der Waals surface area contributed by atoms with E-state index in [4.69, 9.17) is 16.3 Å². The maximum atomic E-state index is 12.3. The molecule has 0 unspecified atom stereocenters. The van der Waals surface area contributed by atoms with E-state index in [1.807, 2.05) is 6.07 Å². The van der Waals surface area contributed by atoms with Gasteiger partial charge in [0.25, 0.3) is 0 Å². The molecule has 5 nitrogen and oxygen atoms in total. The smallest absolute Gasteiger partial charge is 0.343 e. The second-order valence-corrected chi connectivity index (χ2v) is 6.94. The first kappa shape index (κ1) is 19.1. The molecule has 6 heteroatoms. The van der Waals surface area contributed by atoms with Crippen molar-refractivity contribution in [1.82, 2.24) is 5.43 Å². The minimum absolute atomic E-state index is 0.0360. The van der Waals surface area contributed by atoms with Gasteiger partial charge in [0.1, 0.15) is 5.75 Å². The molecule has 2 aromatic carbocycles. The predicted octanol–water partition coefficient (Wildman–Crippen LogP) is 4.59. The van der Waals surface area contributed by atoms with Gasteiger partial charge in [-0.3, -0.25) is 4.79 Å². The molecule has 1 aliphatic rings. The molecule has 0 radical (unpaired) electrons. The van der Waals surface area contributed by atoms with Crippen LogP contribution in [-0.2, 0) is 4.79 Å². The summed E-state index contributed by atoms with van der Waals surface area (Å²) in [5.74, 6) is -0.137. The van der Waals surface area contributed by atoms with Crippen molar-refractivity contribution < 1.29 is 14.3 Å². The van der Waals surface area contributed by atoms with E-state index >= 15 is 0 Å². The maximum absolute atomic E-state index is 12.3. The molecule has 1 fully saturated rings. The largest absolute Gasteiger partial charge is 0.422 e. The summed E-state index contributed by atoms with van der Waals surface area (Å²) in [7, 11) is 0. The highest BCUT2D eigenvalue weighted by atomic mass is 35.5. The molecule has 1 saturated carbocycles. The van der Waals surface area contributed by atoms with Crippen LogP contribution in [0, 0.1) is 5.92 Å². The van der Waals surface area contributed by atoms with E-state index in [0.717, 1.165) is 25.7 Å². The van der Waals surface area contributed by atoms with Gasteiger partial charge in [-0.25, -0.2) is 10.2 Å². The van der Waals surface area contributed by atoms with Crippen molar-refractivity contribution in [3.63, 3.8) is 0 Å². The first-order valence-electron chi connectivity index (χ1n) is 9.03. The zero-order chi connectivity index (χ0) is 19.1. The zero-order valence-corrected chi connectivity index (χ0v) is 15.6. The van der Waals surface area contributed by atoms with Crippen molar-refractivity contribution in [2.24, 2.45) is 11.0 Å². The van der Waals surface area contributed by atoms with Crippen LogP contribution in [0.1, 0.15) is 48.0 Å². The molecule has 0 aliphatic heterocycles. The summed E-state index contributed by atoms with van der Waals surface area (Å²) in [5, 5.41) is 4.58. The van der Waals surface area contributed by atoms with Crippen molar-refractivity contribution >= 4 is 29.7 Å². The summed E-state index contributed by atoms with van der Waals surface area (Å²) in [6.45, 7) is 0. The van der Waals surface area contributed by atoms with E-state index in [9.17, 15) is 9.59 Å². The zero-order valence-electron chi connectivity index (χ0n) is 14.9. The van der Waals surface area contributed by atoms with Crippen molar-refractivity contribution in [2.75, 3.05) is 0 Å². The third-order valence-corrected chi connectivity index (χ3v) is 4.81. The molecule has 0 spiro atoms. The second kappa shape index (κ2) is 9.33. The summed E-state index contributed by atoms with van der Waals surface area (Å²) >= 11 is 5.84. The van der Waals surface area contributed by atoms with Crippen LogP contribution in [0.25, 0.3) is 0 Å². The molecule has 1 aliphatic carbocycles. The van der Waals surface area contributed by atoms with Gasteiger partial charge in [0, 0.05) is 16.5 Å². The van der Waals surface area contributed by atoms with Gasteiger partial charge in [-0.05, 0) is 49.2 Å². The second-order valence-electron chi connectivity index (χ2n) is 6.50. The normalized spacial score (nSPS) is 14.9. The molecule has 0 bridgehead atoms. The van der Waals surface area contributed by atoms with Gasteiger partial charge in [-0.15, -0.1) is 0 Å². The van der Waals surface area contributed by atoms with Gasteiger partial charge in [0.15, 0.2) is 0 Å². The fourth-order valence-corrected chi connectivity index (χ4v) is 3.17. The summed E-state index contributed by atoms with van der Waals surface area (Å²) < 4.78 is 5.46. The SMILES string of the molecule is O=C(Oc1ccccc1/C=N/NC(=O)C1CCCCC1)c1ccc(Cl)cc1. The lowest BCUT2D eigenvalue weighted by molar-refractivity contribution is -0.125. The molecule has 0 atom stereocenters. The van der Waals surface area contributed by atoms with Crippen LogP contribution in [0.15, 0.2) is 53.6 Å². The number of halogens is 1. The number of carbonyl (C=O) groups is 2. The number of nitrogens with one attached hydrogen (secondary N) is 1. The van der Waals surface area contributed by atoms with Crippen LogP contribution in [0.4, 0.5) is 0 Å². The Morgan fingerprint density at radius 3 is 2.48 bits per heavy atom. The Hall–Kier alpha value is -2.66. The van der Waals surface area contributed by atoms with Crippen LogP contribution in [0.5, 0.6) is 5.75 Å². The Bertz CT molecular complexity index is 828. The number of hydrogen-bond acceptors (Lipinski definition) is 4. The predicted molar refractivity (Wildman–Crippen MR) is 105 cm³/mol. The number of benzene rings is 2. The molecule has 140 valence electrons. The van der Waals surface area contributed by atoms with Crippen molar-refractivity contribution in [1.29, 1.82) is 0 Å². The van der Waals surface area contributed by atoms with Gasteiger partial charge in [-0.2, -0.15) is 5.10 Å². The Morgan fingerprint density at radius 2 is 1.74 bits per heavy atom. The molecule has 0 saturated heterocycles. The van der Waals surface area contributed by atoms with E-state index in [-0.39, 0.29) is 11.8 Å². The molecular formula is C21H21ClN2O3. The number of ether oxygens (including phenoxy) is 1. The van der Waals surface area contributed by atoms with E-state index < -0.39 is 5.97 Å². The number of nitrogens with zero attached hydrogens (tertiary/aromatic N) is 1. The Balaban J connectivity index is 1.63. The molecule has 1 N–H and O–H groups in total. The number of amides is 1. The van der Waals surface area contributed by atoms with Gasteiger partial charge in [0.2, 0.25) is 5.91 Å². The van der Waals surface area contributed by atoms with Crippen molar-refractivity contribution in [3.05, 3.63) is 64.7 Å². The molecule has 27 heavy (non-hydrogen) atoms. The number of esters is 1. The number of hydrazone groups is 1.